The molecule has 1 atom stereocenters. The molecule has 1 heterocycles. The number of hydrogen-bond acceptors (Lipinski definition) is 5. The number of aromatic nitrogens is 3. The van der Waals surface area contributed by atoms with E-state index in [0.29, 0.717) is 12.2 Å². The van der Waals surface area contributed by atoms with Gasteiger partial charge in [0.15, 0.2) is 5.69 Å². The minimum atomic E-state index is -1.10. The van der Waals surface area contributed by atoms with Gasteiger partial charge in [-0.25, -0.2) is 9.48 Å². The maximum atomic E-state index is 11.0. The second-order valence-corrected chi connectivity index (χ2v) is 4.01. The largest absolute Gasteiger partial charge is 0.476 e. The van der Waals surface area contributed by atoms with Crippen molar-refractivity contribution in [2.45, 2.75) is 38.8 Å². The number of aliphatic hydroxyl groups excluding tert-OH is 1. The molecule has 7 heteroatoms. The lowest BCUT2D eigenvalue weighted by atomic mass is 10.2. The Morgan fingerprint density at radius 3 is 2.72 bits per heavy atom. The predicted octanol–water partition coefficient (Wildman–Crippen LogP) is 0.846. The highest BCUT2D eigenvalue weighted by Gasteiger charge is 2.23. The molecule has 0 aromatic carbocycles. The van der Waals surface area contributed by atoms with Crippen molar-refractivity contribution in [3.63, 3.8) is 0 Å². The van der Waals surface area contributed by atoms with E-state index in [2.05, 4.69) is 10.3 Å². The van der Waals surface area contributed by atoms with Crippen LogP contribution in [0.1, 0.15) is 48.5 Å². The Balaban J connectivity index is 2.80. The number of hydrogen-bond donors (Lipinski definition) is 2. The summed E-state index contributed by atoms with van der Waals surface area (Å²) in [7, 11) is 1.51. The van der Waals surface area contributed by atoms with Gasteiger partial charge in [-0.3, -0.25) is 0 Å². The van der Waals surface area contributed by atoms with Gasteiger partial charge in [0, 0.05) is 20.3 Å². The molecule has 1 unspecified atom stereocenters. The van der Waals surface area contributed by atoms with Crippen LogP contribution in [0.15, 0.2) is 0 Å². The van der Waals surface area contributed by atoms with E-state index in [1.165, 1.54) is 7.11 Å². The summed E-state index contributed by atoms with van der Waals surface area (Å²) in [6.07, 6.45) is 2.03. The number of methoxy groups -OCH3 is 1. The van der Waals surface area contributed by atoms with Crippen LogP contribution in [0.4, 0.5) is 0 Å². The number of unbranched alkanes of at least 4 members (excludes halogenated alkanes) is 2. The fourth-order valence-electron chi connectivity index (χ4n) is 1.70. The summed E-state index contributed by atoms with van der Waals surface area (Å²) in [6, 6.07) is 0. The normalized spacial score (nSPS) is 12.6. The number of carboxylic acid groups (broad SMARTS) is 1. The summed E-state index contributed by atoms with van der Waals surface area (Å²) in [5.41, 5.74) is 0.417. The van der Waals surface area contributed by atoms with E-state index in [9.17, 15) is 4.79 Å². The highest BCUT2D eigenvalue weighted by molar-refractivity contribution is 5.86. The molecule has 0 fully saturated rings. The third-order valence-corrected chi connectivity index (χ3v) is 2.74. The maximum Gasteiger partial charge on any atom is 0.358 e. The maximum absolute atomic E-state index is 11.0. The number of carboxylic acids is 1. The van der Waals surface area contributed by atoms with E-state index in [0.717, 1.165) is 19.3 Å². The molecule has 2 N–H and O–H groups in total. The standard InChI is InChI=1S/C11H19N3O4/c1-8(18-2)10-9(11(16)17)12-13-14(10)6-4-3-5-7-15/h8,15H,3-7H2,1-2H3,(H,16,17). The van der Waals surface area contributed by atoms with Crippen LogP contribution < -0.4 is 0 Å². The molecule has 0 bridgehead atoms. The average Bonchev–Trinajstić information content (AvgIpc) is 2.77. The van der Waals surface area contributed by atoms with Crippen molar-refractivity contribution in [1.29, 1.82) is 0 Å². The zero-order chi connectivity index (χ0) is 13.5. The van der Waals surface area contributed by atoms with Crippen molar-refractivity contribution in [2.75, 3.05) is 13.7 Å². The van der Waals surface area contributed by atoms with Gasteiger partial charge in [0.25, 0.3) is 0 Å². The van der Waals surface area contributed by atoms with Crippen LogP contribution in [0.3, 0.4) is 0 Å². The minimum Gasteiger partial charge on any atom is -0.476 e. The third kappa shape index (κ3) is 3.51. The number of carbonyl (C=O) groups is 1. The van der Waals surface area contributed by atoms with Gasteiger partial charge < -0.3 is 14.9 Å². The lowest BCUT2D eigenvalue weighted by Crippen LogP contribution is -2.13. The first-order valence-corrected chi connectivity index (χ1v) is 5.92. The van der Waals surface area contributed by atoms with E-state index < -0.39 is 5.97 Å². The van der Waals surface area contributed by atoms with Crippen molar-refractivity contribution in [3.05, 3.63) is 11.4 Å². The fraction of sp³-hybridized carbons (Fsp3) is 0.727. The van der Waals surface area contributed by atoms with Crippen LogP contribution >= 0.6 is 0 Å². The monoisotopic (exact) mass is 257 g/mol. The van der Waals surface area contributed by atoms with Gasteiger partial charge in [0.2, 0.25) is 0 Å². The van der Waals surface area contributed by atoms with Crippen LogP contribution in [-0.2, 0) is 11.3 Å². The number of rotatable bonds is 8. The molecule has 7 nitrogen and oxygen atoms in total. The van der Waals surface area contributed by atoms with E-state index in [1.807, 2.05) is 0 Å². The zero-order valence-corrected chi connectivity index (χ0v) is 10.7. The summed E-state index contributed by atoms with van der Waals surface area (Å²) in [5.74, 6) is -1.10. The molecule has 0 radical (unpaired) electrons. The van der Waals surface area contributed by atoms with Gasteiger partial charge in [0.05, 0.1) is 6.10 Å². The van der Waals surface area contributed by atoms with Crippen molar-refractivity contribution < 1.29 is 19.7 Å². The second kappa shape index (κ2) is 7.07. The predicted molar refractivity (Wildman–Crippen MR) is 63.3 cm³/mol. The van der Waals surface area contributed by atoms with Crippen molar-refractivity contribution in [2.24, 2.45) is 0 Å². The molecular formula is C11H19N3O4. The van der Waals surface area contributed by atoms with Gasteiger partial charge >= 0.3 is 5.97 Å². The lowest BCUT2D eigenvalue weighted by molar-refractivity contribution is 0.0673. The van der Waals surface area contributed by atoms with Crippen molar-refractivity contribution in [1.82, 2.24) is 15.0 Å². The van der Waals surface area contributed by atoms with Crippen molar-refractivity contribution >= 4 is 5.97 Å². The fourth-order valence-corrected chi connectivity index (χ4v) is 1.70. The quantitative estimate of drug-likeness (QED) is 0.670. The Morgan fingerprint density at radius 1 is 1.44 bits per heavy atom. The minimum absolute atomic E-state index is 0.0634. The number of aromatic carboxylic acids is 1. The van der Waals surface area contributed by atoms with E-state index in [4.69, 9.17) is 14.9 Å². The molecule has 0 saturated heterocycles. The first-order chi connectivity index (χ1) is 8.61. The summed E-state index contributed by atoms with van der Waals surface area (Å²) in [5, 5.41) is 25.2. The van der Waals surface area contributed by atoms with Crippen LogP contribution in [0.2, 0.25) is 0 Å². The molecule has 0 spiro atoms. The molecule has 0 aliphatic heterocycles. The first kappa shape index (κ1) is 14.6. The molecule has 102 valence electrons. The molecule has 1 aromatic rings. The smallest absolute Gasteiger partial charge is 0.358 e. The Morgan fingerprint density at radius 2 is 2.17 bits per heavy atom. The Hall–Kier alpha value is -1.47. The molecule has 0 aliphatic rings. The zero-order valence-electron chi connectivity index (χ0n) is 10.7. The van der Waals surface area contributed by atoms with E-state index in [-0.39, 0.29) is 18.4 Å². The highest BCUT2D eigenvalue weighted by Crippen LogP contribution is 2.19. The highest BCUT2D eigenvalue weighted by atomic mass is 16.5. The summed E-state index contributed by atoms with van der Waals surface area (Å²) >= 11 is 0. The molecule has 0 aliphatic carbocycles. The molecule has 1 rings (SSSR count). The molecule has 1 aromatic heterocycles. The summed E-state index contributed by atoms with van der Waals surface area (Å²) < 4.78 is 6.71. The van der Waals surface area contributed by atoms with Gasteiger partial charge in [-0.05, 0) is 26.2 Å². The van der Waals surface area contributed by atoms with Crippen LogP contribution in [0.5, 0.6) is 0 Å². The number of aryl methyl sites for hydroxylation is 1. The summed E-state index contributed by atoms with van der Waals surface area (Å²) in [6.45, 7) is 2.50. The first-order valence-electron chi connectivity index (χ1n) is 5.92. The number of aliphatic hydroxyl groups is 1. The number of ether oxygens (including phenoxy) is 1. The van der Waals surface area contributed by atoms with Crippen molar-refractivity contribution in [3.8, 4) is 0 Å². The van der Waals surface area contributed by atoms with Gasteiger partial charge in [-0.2, -0.15) is 0 Å². The summed E-state index contributed by atoms with van der Waals surface area (Å²) in [4.78, 5) is 11.0. The number of nitrogens with zero attached hydrogens (tertiary/aromatic N) is 3. The lowest BCUT2D eigenvalue weighted by Gasteiger charge is -2.12. The van der Waals surface area contributed by atoms with Gasteiger partial charge in [0.1, 0.15) is 5.69 Å². The second-order valence-electron chi connectivity index (χ2n) is 4.01. The van der Waals surface area contributed by atoms with E-state index >= 15 is 0 Å². The molecule has 18 heavy (non-hydrogen) atoms. The topological polar surface area (TPSA) is 97.5 Å². The third-order valence-electron chi connectivity index (χ3n) is 2.74. The van der Waals surface area contributed by atoms with Gasteiger partial charge in [-0.15, -0.1) is 5.10 Å². The van der Waals surface area contributed by atoms with Gasteiger partial charge in [-0.1, -0.05) is 5.21 Å². The Labute approximate surface area is 105 Å². The Bertz CT molecular complexity index is 392. The van der Waals surface area contributed by atoms with Crippen LogP contribution in [-0.4, -0.2) is 44.9 Å². The van der Waals surface area contributed by atoms with E-state index in [1.54, 1.807) is 11.6 Å². The molecular weight excluding hydrogens is 238 g/mol. The molecule has 0 amide bonds. The van der Waals surface area contributed by atoms with Crippen LogP contribution in [0, 0.1) is 0 Å². The SMILES string of the molecule is COC(C)c1c(C(=O)O)nnn1CCCCCO. The average molecular weight is 257 g/mol. The Kier molecular flexibility index (Phi) is 5.73. The molecule has 0 saturated carbocycles. The van der Waals surface area contributed by atoms with Crippen LogP contribution in [0.25, 0.3) is 0 Å².